The molecule has 0 unspecified atom stereocenters. The lowest BCUT2D eigenvalue weighted by Gasteiger charge is -2.30. The van der Waals surface area contributed by atoms with Crippen molar-refractivity contribution >= 4 is 29.1 Å². The van der Waals surface area contributed by atoms with Crippen LogP contribution in [0.1, 0.15) is 51.7 Å². The minimum Gasteiger partial charge on any atom is -0.444 e. The monoisotopic (exact) mass is 518 g/mol. The van der Waals surface area contributed by atoms with Crippen molar-refractivity contribution in [1.29, 1.82) is 0 Å². The maximum Gasteiger partial charge on any atom is 0.410 e. The molecule has 0 radical (unpaired) electrons. The predicted octanol–water partition coefficient (Wildman–Crippen LogP) is 8.33. The van der Waals surface area contributed by atoms with E-state index >= 15 is 0 Å². The molecular weight excluding hydrogens is 480 g/mol. The van der Waals surface area contributed by atoms with Crippen molar-refractivity contribution < 1.29 is 9.53 Å². The van der Waals surface area contributed by atoms with Crippen LogP contribution in [0.3, 0.4) is 0 Å². The van der Waals surface area contributed by atoms with Gasteiger partial charge in [-0.05, 0) is 92.5 Å². The maximum atomic E-state index is 13.1. The first-order valence-electron chi connectivity index (χ1n) is 13.2. The Morgan fingerprint density at radius 3 is 2.24 bits per heavy atom. The second-order valence-electron chi connectivity index (χ2n) is 11.4. The number of hydrogen-bond donors (Lipinski definition) is 0. The van der Waals surface area contributed by atoms with Crippen LogP contribution in [0.2, 0.25) is 5.02 Å². The molecule has 0 N–H and O–H groups in total. The van der Waals surface area contributed by atoms with E-state index in [1.807, 2.05) is 43.9 Å². The number of nitrogens with zero attached hydrogens (tertiary/aromatic N) is 2. The molecule has 1 amide bonds. The van der Waals surface area contributed by atoms with E-state index in [1.165, 1.54) is 11.1 Å². The standard InChI is InChI=1S/C32H39ClN2O2/c1-23(2)25-11-9-10-24(18-25)19-26-20-34(31(36)37-32(3,4)5)21-27(26)22-35(29-12-7-6-8-13-29)30-16-14-28(33)15-17-30/h6-18,23,26-27H,19-22H2,1-5H3/t26-,27-/m0/s1. The van der Waals surface area contributed by atoms with Crippen LogP contribution in [0.5, 0.6) is 0 Å². The molecule has 1 heterocycles. The van der Waals surface area contributed by atoms with Crippen LogP contribution in [-0.2, 0) is 11.2 Å². The fourth-order valence-electron chi connectivity index (χ4n) is 5.06. The van der Waals surface area contributed by atoms with Gasteiger partial charge in [0.25, 0.3) is 0 Å². The Balaban J connectivity index is 1.63. The summed E-state index contributed by atoms with van der Waals surface area (Å²) in [5.41, 5.74) is 4.37. The molecule has 0 bridgehead atoms. The van der Waals surface area contributed by atoms with Crippen LogP contribution in [-0.4, -0.2) is 36.2 Å². The lowest BCUT2D eigenvalue weighted by atomic mass is 9.88. The number of para-hydroxylation sites is 1. The summed E-state index contributed by atoms with van der Waals surface area (Å²) in [5, 5.41) is 0.719. The number of rotatable bonds is 7. The Morgan fingerprint density at radius 2 is 1.59 bits per heavy atom. The molecular formula is C32H39ClN2O2. The quantitative estimate of drug-likeness (QED) is 0.315. The lowest BCUT2D eigenvalue weighted by Crippen LogP contribution is -2.36. The summed E-state index contributed by atoms with van der Waals surface area (Å²) in [6.45, 7) is 12.4. The Bertz CT molecular complexity index is 1170. The van der Waals surface area contributed by atoms with Gasteiger partial charge in [-0.1, -0.05) is 67.9 Å². The van der Waals surface area contributed by atoms with Gasteiger partial charge in [0, 0.05) is 36.0 Å². The van der Waals surface area contributed by atoms with Crippen LogP contribution in [0.4, 0.5) is 16.2 Å². The van der Waals surface area contributed by atoms with E-state index in [0.717, 1.165) is 29.4 Å². The fourth-order valence-corrected chi connectivity index (χ4v) is 5.18. The average Bonchev–Trinajstić information content (AvgIpc) is 3.25. The summed E-state index contributed by atoms with van der Waals surface area (Å²) in [7, 11) is 0. The number of ether oxygens (including phenoxy) is 1. The highest BCUT2D eigenvalue weighted by Gasteiger charge is 2.38. The van der Waals surface area contributed by atoms with Crippen molar-refractivity contribution in [3.8, 4) is 0 Å². The molecule has 1 saturated heterocycles. The first-order chi connectivity index (χ1) is 17.6. The van der Waals surface area contributed by atoms with Crippen molar-refractivity contribution in [2.45, 2.75) is 52.6 Å². The third kappa shape index (κ3) is 7.29. The van der Waals surface area contributed by atoms with E-state index in [-0.39, 0.29) is 12.0 Å². The zero-order valence-corrected chi connectivity index (χ0v) is 23.4. The number of carbonyl (C=O) groups excluding carboxylic acids is 1. The van der Waals surface area contributed by atoms with Crippen molar-refractivity contribution in [3.05, 3.63) is 95.0 Å². The molecule has 3 aromatic rings. The highest BCUT2D eigenvalue weighted by Crippen LogP contribution is 2.34. The predicted molar refractivity (Wildman–Crippen MR) is 154 cm³/mol. The molecule has 2 atom stereocenters. The van der Waals surface area contributed by atoms with Gasteiger partial charge in [0.05, 0.1) is 0 Å². The molecule has 1 aliphatic heterocycles. The van der Waals surface area contributed by atoms with Gasteiger partial charge in [0.15, 0.2) is 0 Å². The van der Waals surface area contributed by atoms with Crippen LogP contribution in [0.25, 0.3) is 0 Å². The van der Waals surface area contributed by atoms with Gasteiger partial charge in [-0.3, -0.25) is 0 Å². The summed E-state index contributed by atoms with van der Waals surface area (Å²) in [4.78, 5) is 17.3. The van der Waals surface area contributed by atoms with E-state index < -0.39 is 5.60 Å². The summed E-state index contributed by atoms with van der Waals surface area (Å²) < 4.78 is 5.77. The average molecular weight is 519 g/mol. The highest BCUT2D eigenvalue weighted by molar-refractivity contribution is 6.30. The summed E-state index contributed by atoms with van der Waals surface area (Å²) >= 11 is 6.21. The molecule has 37 heavy (non-hydrogen) atoms. The van der Waals surface area contributed by atoms with Gasteiger partial charge < -0.3 is 14.5 Å². The van der Waals surface area contributed by atoms with Crippen molar-refractivity contribution in [3.63, 3.8) is 0 Å². The molecule has 4 nitrogen and oxygen atoms in total. The number of likely N-dealkylation sites (tertiary alicyclic amines) is 1. The summed E-state index contributed by atoms with van der Waals surface area (Å²) in [5.74, 6) is 1.07. The Labute approximate surface area is 227 Å². The van der Waals surface area contributed by atoms with Crippen LogP contribution >= 0.6 is 11.6 Å². The molecule has 0 aromatic heterocycles. The molecule has 0 saturated carbocycles. The maximum absolute atomic E-state index is 13.1. The smallest absolute Gasteiger partial charge is 0.410 e. The molecule has 196 valence electrons. The van der Waals surface area contributed by atoms with Gasteiger partial charge in [-0.15, -0.1) is 0 Å². The van der Waals surface area contributed by atoms with Crippen molar-refractivity contribution in [2.75, 3.05) is 24.5 Å². The normalized spacial score (nSPS) is 17.8. The number of halogens is 1. The molecule has 1 fully saturated rings. The van der Waals surface area contributed by atoms with Gasteiger partial charge in [-0.25, -0.2) is 4.79 Å². The van der Waals surface area contributed by atoms with Crippen LogP contribution in [0, 0.1) is 11.8 Å². The first kappa shape index (κ1) is 27.1. The SMILES string of the molecule is CC(C)c1cccc(C[C@H]2CN(C(=O)OC(C)(C)C)C[C@H]2CN(c2ccccc2)c2ccc(Cl)cc2)c1. The molecule has 5 heteroatoms. The highest BCUT2D eigenvalue weighted by atomic mass is 35.5. The molecule has 0 spiro atoms. The lowest BCUT2D eigenvalue weighted by molar-refractivity contribution is 0.0284. The zero-order chi connectivity index (χ0) is 26.6. The number of benzene rings is 3. The van der Waals surface area contributed by atoms with Gasteiger partial charge in [0.1, 0.15) is 5.60 Å². The molecule has 4 rings (SSSR count). The first-order valence-corrected chi connectivity index (χ1v) is 13.6. The number of anilines is 2. The number of carbonyl (C=O) groups is 1. The third-order valence-corrected chi connectivity index (χ3v) is 7.22. The van der Waals surface area contributed by atoms with E-state index in [2.05, 4.69) is 79.4 Å². The van der Waals surface area contributed by atoms with Crippen LogP contribution in [0.15, 0.2) is 78.9 Å². The van der Waals surface area contributed by atoms with E-state index in [0.29, 0.717) is 24.9 Å². The number of amides is 1. The summed E-state index contributed by atoms with van der Waals surface area (Å²) in [6, 6.07) is 27.3. The number of hydrogen-bond acceptors (Lipinski definition) is 3. The van der Waals surface area contributed by atoms with Gasteiger partial charge in [-0.2, -0.15) is 0 Å². The zero-order valence-electron chi connectivity index (χ0n) is 22.7. The molecule has 3 aromatic carbocycles. The Morgan fingerprint density at radius 1 is 0.946 bits per heavy atom. The fraction of sp³-hybridized carbons (Fsp3) is 0.406. The minimum atomic E-state index is -0.518. The van der Waals surface area contributed by atoms with Crippen molar-refractivity contribution in [1.82, 2.24) is 4.90 Å². The molecule has 1 aliphatic rings. The van der Waals surface area contributed by atoms with Gasteiger partial charge >= 0.3 is 6.09 Å². The van der Waals surface area contributed by atoms with E-state index in [1.54, 1.807) is 0 Å². The summed E-state index contributed by atoms with van der Waals surface area (Å²) in [6.07, 6.45) is 0.696. The van der Waals surface area contributed by atoms with Crippen LogP contribution < -0.4 is 4.90 Å². The second kappa shape index (κ2) is 11.6. The van der Waals surface area contributed by atoms with E-state index in [4.69, 9.17) is 16.3 Å². The topological polar surface area (TPSA) is 32.8 Å². The van der Waals surface area contributed by atoms with E-state index in [9.17, 15) is 4.79 Å². The Hall–Kier alpha value is -2.98. The second-order valence-corrected chi connectivity index (χ2v) is 11.9. The minimum absolute atomic E-state index is 0.228. The third-order valence-electron chi connectivity index (χ3n) is 6.97. The Kier molecular flexibility index (Phi) is 8.49. The largest absolute Gasteiger partial charge is 0.444 e. The van der Waals surface area contributed by atoms with Gasteiger partial charge in [0.2, 0.25) is 0 Å². The molecule has 0 aliphatic carbocycles. The van der Waals surface area contributed by atoms with Crippen molar-refractivity contribution in [2.24, 2.45) is 11.8 Å².